The van der Waals surface area contributed by atoms with E-state index in [0.717, 1.165) is 12.5 Å². The van der Waals surface area contributed by atoms with Gasteiger partial charge in [0.25, 0.3) is 0 Å². The van der Waals surface area contributed by atoms with Crippen molar-refractivity contribution in [3.8, 4) is 0 Å². The third kappa shape index (κ3) is 2.45. The zero-order chi connectivity index (χ0) is 12.0. The van der Waals surface area contributed by atoms with Crippen LogP contribution in [0.3, 0.4) is 0 Å². The lowest BCUT2D eigenvalue weighted by molar-refractivity contribution is -0.0599. The standard InChI is InChI=1S/C15H28O/c1-13(2,3)16-11-15-8-6-7-12(15)9-14(4,5)10-15/h12H,6-11H2,1-5H3. The molecule has 2 unspecified atom stereocenters. The second-order valence-corrected chi connectivity index (χ2v) is 7.90. The first-order valence-electron chi connectivity index (χ1n) is 6.87. The lowest BCUT2D eigenvalue weighted by Gasteiger charge is -2.34. The van der Waals surface area contributed by atoms with E-state index < -0.39 is 0 Å². The summed E-state index contributed by atoms with van der Waals surface area (Å²) in [6, 6.07) is 0. The maximum absolute atomic E-state index is 6.11. The molecule has 2 aliphatic rings. The van der Waals surface area contributed by atoms with Crippen molar-refractivity contribution >= 4 is 0 Å². The van der Waals surface area contributed by atoms with Gasteiger partial charge in [-0.3, -0.25) is 0 Å². The van der Waals surface area contributed by atoms with Gasteiger partial charge in [-0.15, -0.1) is 0 Å². The second kappa shape index (κ2) is 3.73. The lowest BCUT2D eigenvalue weighted by Crippen LogP contribution is -2.32. The highest BCUT2D eigenvalue weighted by Gasteiger charge is 2.53. The molecule has 0 aliphatic heterocycles. The summed E-state index contributed by atoms with van der Waals surface area (Å²) in [5.74, 6) is 0.935. The maximum Gasteiger partial charge on any atom is 0.0598 e. The Balaban J connectivity index is 2.05. The van der Waals surface area contributed by atoms with E-state index in [-0.39, 0.29) is 5.60 Å². The van der Waals surface area contributed by atoms with Gasteiger partial charge in [-0.2, -0.15) is 0 Å². The van der Waals surface area contributed by atoms with Gasteiger partial charge in [-0.05, 0) is 63.2 Å². The van der Waals surface area contributed by atoms with E-state index in [2.05, 4.69) is 34.6 Å². The molecule has 0 aromatic rings. The van der Waals surface area contributed by atoms with Gasteiger partial charge in [0.15, 0.2) is 0 Å². The van der Waals surface area contributed by atoms with Crippen LogP contribution in [0, 0.1) is 16.7 Å². The maximum atomic E-state index is 6.11. The number of hydrogen-bond donors (Lipinski definition) is 0. The summed E-state index contributed by atoms with van der Waals surface area (Å²) >= 11 is 0. The predicted molar refractivity (Wildman–Crippen MR) is 68.5 cm³/mol. The van der Waals surface area contributed by atoms with Crippen molar-refractivity contribution in [1.29, 1.82) is 0 Å². The van der Waals surface area contributed by atoms with E-state index in [0.29, 0.717) is 10.8 Å². The summed E-state index contributed by atoms with van der Waals surface area (Å²) in [7, 11) is 0. The molecular formula is C15H28O. The molecule has 0 bridgehead atoms. The number of rotatable bonds is 2. The molecule has 2 atom stereocenters. The monoisotopic (exact) mass is 224 g/mol. The summed E-state index contributed by atoms with van der Waals surface area (Å²) in [4.78, 5) is 0. The largest absolute Gasteiger partial charge is 0.375 e. The van der Waals surface area contributed by atoms with Gasteiger partial charge in [-0.25, -0.2) is 0 Å². The van der Waals surface area contributed by atoms with Crippen molar-refractivity contribution in [2.75, 3.05) is 6.61 Å². The van der Waals surface area contributed by atoms with Crippen molar-refractivity contribution in [2.24, 2.45) is 16.7 Å². The molecule has 0 aromatic heterocycles. The third-order valence-corrected chi connectivity index (χ3v) is 4.52. The summed E-state index contributed by atoms with van der Waals surface area (Å²) in [6.45, 7) is 12.4. The molecule has 0 heterocycles. The van der Waals surface area contributed by atoms with E-state index >= 15 is 0 Å². The molecule has 2 rings (SSSR count). The molecule has 0 N–H and O–H groups in total. The topological polar surface area (TPSA) is 9.23 Å². The minimum Gasteiger partial charge on any atom is -0.375 e. The summed E-state index contributed by atoms with van der Waals surface area (Å²) < 4.78 is 6.11. The first kappa shape index (κ1) is 12.4. The Morgan fingerprint density at radius 1 is 1.25 bits per heavy atom. The van der Waals surface area contributed by atoms with Crippen LogP contribution in [0.25, 0.3) is 0 Å². The zero-order valence-electron chi connectivity index (χ0n) is 11.7. The Labute approximate surface area is 101 Å². The van der Waals surface area contributed by atoms with Crippen LogP contribution in [0.5, 0.6) is 0 Å². The van der Waals surface area contributed by atoms with E-state index in [4.69, 9.17) is 4.74 Å². The van der Waals surface area contributed by atoms with Gasteiger partial charge < -0.3 is 4.74 Å². The van der Waals surface area contributed by atoms with Crippen molar-refractivity contribution < 1.29 is 4.74 Å². The molecule has 2 fully saturated rings. The summed E-state index contributed by atoms with van der Waals surface area (Å²) in [5, 5.41) is 0. The normalized spacial score (nSPS) is 37.7. The van der Waals surface area contributed by atoms with Crippen LogP contribution >= 0.6 is 0 Å². The Morgan fingerprint density at radius 2 is 1.94 bits per heavy atom. The molecule has 2 aliphatic carbocycles. The van der Waals surface area contributed by atoms with E-state index in [1.807, 2.05) is 0 Å². The first-order valence-corrected chi connectivity index (χ1v) is 6.87. The fourth-order valence-electron chi connectivity index (χ4n) is 4.06. The van der Waals surface area contributed by atoms with Crippen LogP contribution in [0.2, 0.25) is 0 Å². The van der Waals surface area contributed by atoms with E-state index in [1.165, 1.54) is 32.1 Å². The van der Waals surface area contributed by atoms with E-state index in [9.17, 15) is 0 Å². The Hall–Kier alpha value is -0.0400. The van der Waals surface area contributed by atoms with Crippen molar-refractivity contribution in [2.45, 2.75) is 72.3 Å². The number of fused-ring (bicyclic) bond motifs is 1. The van der Waals surface area contributed by atoms with Crippen LogP contribution in [-0.4, -0.2) is 12.2 Å². The van der Waals surface area contributed by atoms with Crippen LogP contribution in [0.4, 0.5) is 0 Å². The summed E-state index contributed by atoms with van der Waals surface area (Å²) in [5.41, 5.74) is 1.09. The third-order valence-electron chi connectivity index (χ3n) is 4.52. The molecular weight excluding hydrogens is 196 g/mol. The van der Waals surface area contributed by atoms with Gasteiger partial charge in [-0.1, -0.05) is 20.3 Å². The average Bonchev–Trinajstić information content (AvgIpc) is 2.52. The fourth-order valence-corrected chi connectivity index (χ4v) is 4.06. The molecule has 0 radical (unpaired) electrons. The van der Waals surface area contributed by atoms with E-state index in [1.54, 1.807) is 0 Å². The molecule has 0 spiro atoms. The average molecular weight is 224 g/mol. The highest BCUT2D eigenvalue weighted by molar-refractivity contribution is 5.02. The predicted octanol–water partition coefficient (Wildman–Crippen LogP) is 4.41. The molecule has 0 saturated heterocycles. The highest BCUT2D eigenvalue weighted by atomic mass is 16.5. The molecule has 94 valence electrons. The molecule has 0 amide bonds. The SMILES string of the molecule is CC1(C)CC2CCCC2(COC(C)(C)C)C1. The number of hydrogen-bond acceptors (Lipinski definition) is 1. The lowest BCUT2D eigenvalue weighted by atomic mass is 9.79. The molecule has 1 nitrogen and oxygen atoms in total. The fraction of sp³-hybridized carbons (Fsp3) is 1.00. The van der Waals surface area contributed by atoms with Gasteiger partial charge in [0.2, 0.25) is 0 Å². The van der Waals surface area contributed by atoms with Gasteiger partial charge in [0.05, 0.1) is 12.2 Å². The van der Waals surface area contributed by atoms with Crippen molar-refractivity contribution in [3.63, 3.8) is 0 Å². The number of ether oxygens (including phenoxy) is 1. The zero-order valence-corrected chi connectivity index (χ0v) is 11.7. The Morgan fingerprint density at radius 3 is 2.56 bits per heavy atom. The van der Waals surface area contributed by atoms with Crippen LogP contribution in [0.1, 0.15) is 66.7 Å². The first-order chi connectivity index (χ1) is 7.23. The van der Waals surface area contributed by atoms with Crippen molar-refractivity contribution in [3.05, 3.63) is 0 Å². The highest BCUT2D eigenvalue weighted by Crippen LogP contribution is 2.60. The van der Waals surface area contributed by atoms with Gasteiger partial charge >= 0.3 is 0 Å². The smallest absolute Gasteiger partial charge is 0.0598 e. The second-order valence-electron chi connectivity index (χ2n) is 7.90. The van der Waals surface area contributed by atoms with Crippen molar-refractivity contribution in [1.82, 2.24) is 0 Å². The van der Waals surface area contributed by atoms with Gasteiger partial charge in [0.1, 0.15) is 0 Å². The Kier molecular flexibility index (Phi) is 2.89. The minimum atomic E-state index is 0.0224. The quantitative estimate of drug-likeness (QED) is 0.675. The van der Waals surface area contributed by atoms with Crippen LogP contribution < -0.4 is 0 Å². The van der Waals surface area contributed by atoms with Gasteiger partial charge in [0, 0.05) is 0 Å². The van der Waals surface area contributed by atoms with Crippen LogP contribution in [-0.2, 0) is 4.74 Å². The molecule has 0 aromatic carbocycles. The minimum absolute atomic E-state index is 0.0224. The molecule has 2 saturated carbocycles. The molecule has 1 heteroatoms. The Bertz CT molecular complexity index is 261. The molecule has 16 heavy (non-hydrogen) atoms. The summed E-state index contributed by atoms with van der Waals surface area (Å²) in [6.07, 6.45) is 7.06. The van der Waals surface area contributed by atoms with Crippen LogP contribution in [0.15, 0.2) is 0 Å².